The molecule has 1 N–H and O–H groups in total. The third-order valence-corrected chi connectivity index (χ3v) is 8.37. The van der Waals surface area contributed by atoms with E-state index in [-0.39, 0.29) is 0 Å². The first-order chi connectivity index (χ1) is 8.27. The Bertz CT molecular complexity index is 427. The molecule has 1 heteroatoms. The van der Waals surface area contributed by atoms with Crippen LogP contribution in [-0.4, -0.2) is 11.7 Å². The molecule has 0 saturated heterocycles. The summed E-state index contributed by atoms with van der Waals surface area (Å²) in [5, 5.41) is 9.93. The molecular formula is C17H28O. The standard InChI is InChI=1S/C17H28O/c1-13(2)6-5-7-14(3)9-16(11-18)10-15(16,4)12-8-17(12,13)14/h12,18H,5-11H2,1-4H3/t12-,14-,15+,16+,17?/m0/s1. The van der Waals surface area contributed by atoms with Gasteiger partial charge in [0.2, 0.25) is 0 Å². The minimum absolute atomic E-state index is 0.305. The summed E-state index contributed by atoms with van der Waals surface area (Å²) in [7, 11) is 0. The van der Waals surface area contributed by atoms with E-state index >= 15 is 0 Å². The minimum atomic E-state index is 0.305. The lowest BCUT2D eigenvalue weighted by Gasteiger charge is -2.57. The quantitative estimate of drug-likeness (QED) is 0.743. The maximum absolute atomic E-state index is 9.93. The van der Waals surface area contributed by atoms with E-state index in [0.717, 1.165) is 5.92 Å². The van der Waals surface area contributed by atoms with E-state index in [0.29, 0.717) is 33.7 Å². The molecule has 18 heavy (non-hydrogen) atoms. The van der Waals surface area contributed by atoms with Gasteiger partial charge in [-0.05, 0) is 59.7 Å². The Morgan fingerprint density at radius 3 is 2.44 bits per heavy atom. The van der Waals surface area contributed by atoms with E-state index in [1.54, 1.807) is 0 Å². The summed E-state index contributed by atoms with van der Waals surface area (Å²) in [4.78, 5) is 0. The van der Waals surface area contributed by atoms with Crippen LogP contribution in [0.25, 0.3) is 0 Å². The first-order valence-electron chi connectivity index (χ1n) is 7.88. The van der Waals surface area contributed by atoms with Crippen molar-refractivity contribution in [2.45, 2.75) is 66.2 Å². The topological polar surface area (TPSA) is 20.2 Å². The molecule has 0 aromatic rings. The van der Waals surface area contributed by atoms with Crippen LogP contribution in [0.2, 0.25) is 0 Å². The molecule has 0 aliphatic heterocycles. The van der Waals surface area contributed by atoms with E-state index in [4.69, 9.17) is 0 Å². The highest BCUT2D eigenvalue weighted by Gasteiger charge is 2.87. The van der Waals surface area contributed by atoms with Crippen molar-refractivity contribution < 1.29 is 5.11 Å². The second-order valence-electron chi connectivity index (χ2n) is 9.24. The van der Waals surface area contributed by atoms with E-state index in [1.807, 2.05) is 0 Å². The van der Waals surface area contributed by atoms with Gasteiger partial charge in [0, 0.05) is 12.0 Å². The normalized spacial score (nSPS) is 63.5. The number of aliphatic hydroxyl groups is 1. The molecule has 1 spiro atoms. The molecule has 0 aromatic carbocycles. The summed E-state index contributed by atoms with van der Waals surface area (Å²) >= 11 is 0. The maximum Gasteiger partial charge on any atom is 0.0493 e. The molecule has 4 aliphatic rings. The van der Waals surface area contributed by atoms with Gasteiger partial charge in [0.25, 0.3) is 0 Å². The molecule has 0 amide bonds. The lowest BCUT2D eigenvalue weighted by atomic mass is 9.47. The van der Waals surface area contributed by atoms with Crippen molar-refractivity contribution in [1.82, 2.24) is 0 Å². The summed E-state index contributed by atoms with van der Waals surface area (Å²) in [6, 6.07) is 0. The van der Waals surface area contributed by atoms with Crippen molar-refractivity contribution in [3.05, 3.63) is 0 Å². The second kappa shape index (κ2) is 2.71. The molecule has 4 aliphatic carbocycles. The zero-order valence-electron chi connectivity index (χ0n) is 12.5. The Morgan fingerprint density at radius 2 is 1.78 bits per heavy atom. The Kier molecular flexibility index (Phi) is 1.77. The van der Waals surface area contributed by atoms with Crippen LogP contribution in [0.4, 0.5) is 0 Å². The van der Waals surface area contributed by atoms with Crippen LogP contribution < -0.4 is 0 Å². The zero-order valence-corrected chi connectivity index (χ0v) is 12.5. The largest absolute Gasteiger partial charge is 0.396 e. The van der Waals surface area contributed by atoms with Crippen molar-refractivity contribution in [3.8, 4) is 0 Å². The first-order valence-corrected chi connectivity index (χ1v) is 7.88. The van der Waals surface area contributed by atoms with Crippen molar-refractivity contribution >= 4 is 0 Å². The van der Waals surface area contributed by atoms with Crippen LogP contribution in [0.5, 0.6) is 0 Å². The summed E-state index contributed by atoms with van der Waals surface area (Å²) in [6.45, 7) is 10.5. The Labute approximate surface area is 111 Å². The van der Waals surface area contributed by atoms with Crippen LogP contribution in [0.1, 0.15) is 66.2 Å². The third-order valence-electron chi connectivity index (χ3n) is 8.37. The van der Waals surface area contributed by atoms with Gasteiger partial charge < -0.3 is 5.11 Å². The van der Waals surface area contributed by atoms with Crippen LogP contribution in [0, 0.1) is 33.0 Å². The summed E-state index contributed by atoms with van der Waals surface area (Å²) in [6.07, 6.45) is 8.28. The first kappa shape index (κ1) is 11.8. The smallest absolute Gasteiger partial charge is 0.0493 e. The molecule has 0 radical (unpaired) electrons. The molecule has 4 rings (SSSR count). The van der Waals surface area contributed by atoms with Gasteiger partial charge in [-0.25, -0.2) is 0 Å². The number of aliphatic hydroxyl groups excluding tert-OH is 1. The second-order valence-corrected chi connectivity index (χ2v) is 9.24. The monoisotopic (exact) mass is 248 g/mol. The fourth-order valence-electron chi connectivity index (χ4n) is 7.33. The molecule has 102 valence electrons. The average Bonchev–Trinajstić information content (AvgIpc) is 3.10. The average molecular weight is 248 g/mol. The summed E-state index contributed by atoms with van der Waals surface area (Å²) < 4.78 is 0. The predicted octanol–water partition coefficient (Wildman–Crippen LogP) is 4.00. The maximum atomic E-state index is 9.93. The number of rotatable bonds is 1. The molecule has 0 heterocycles. The predicted molar refractivity (Wildman–Crippen MR) is 73.1 cm³/mol. The Hall–Kier alpha value is -0.0400. The molecule has 4 saturated carbocycles. The highest BCUT2D eigenvalue weighted by atomic mass is 16.3. The Morgan fingerprint density at radius 1 is 1.06 bits per heavy atom. The third kappa shape index (κ3) is 0.901. The highest BCUT2D eigenvalue weighted by Crippen LogP contribution is 2.93. The lowest BCUT2D eigenvalue weighted by molar-refractivity contribution is -0.0959. The van der Waals surface area contributed by atoms with E-state index in [2.05, 4.69) is 27.7 Å². The molecule has 4 fully saturated rings. The highest BCUT2D eigenvalue weighted by molar-refractivity contribution is 5.35. The van der Waals surface area contributed by atoms with Crippen LogP contribution in [0.15, 0.2) is 0 Å². The van der Waals surface area contributed by atoms with E-state index in [1.165, 1.54) is 38.5 Å². The summed E-state index contributed by atoms with van der Waals surface area (Å²) in [5.74, 6) is 0.909. The van der Waals surface area contributed by atoms with Crippen molar-refractivity contribution in [3.63, 3.8) is 0 Å². The molecule has 1 nitrogen and oxygen atoms in total. The minimum Gasteiger partial charge on any atom is -0.396 e. The van der Waals surface area contributed by atoms with Crippen molar-refractivity contribution in [2.24, 2.45) is 33.0 Å². The molecule has 0 bridgehead atoms. The van der Waals surface area contributed by atoms with Gasteiger partial charge in [-0.2, -0.15) is 0 Å². The molecule has 1 unspecified atom stereocenters. The van der Waals surface area contributed by atoms with E-state index in [9.17, 15) is 5.11 Å². The molecular weight excluding hydrogens is 220 g/mol. The lowest BCUT2D eigenvalue weighted by Crippen LogP contribution is -2.51. The van der Waals surface area contributed by atoms with Gasteiger partial charge in [-0.1, -0.05) is 34.1 Å². The van der Waals surface area contributed by atoms with Gasteiger partial charge in [-0.3, -0.25) is 0 Å². The van der Waals surface area contributed by atoms with Gasteiger partial charge >= 0.3 is 0 Å². The SMILES string of the molecule is CC1(C)CCC[C@@]2(C)C[C@]3(CO)C[C@]3(C)[C@@H]3CC312. The van der Waals surface area contributed by atoms with Gasteiger partial charge in [0.1, 0.15) is 0 Å². The Balaban J connectivity index is 1.82. The molecule has 0 aromatic heterocycles. The fourth-order valence-corrected chi connectivity index (χ4v) is 7.33. The number of fused-ring (bicyclic) bond motifs is 2. The number of hydrogen-bond acceptors (Lipinski definition) is 1. The van der Waals surface area contributed by atoms with Gasteiger partial charge in [0.05, 0.1) is 0 Å². The zero-order chi connectivity index (χ0) is 13.0. The fraction of sp³-hybridized carbons (Fsp3) is 1.00. The number of hydrogen-bond donors (Lipinski definition) is 1. The van der Waals surface area contributed by atoms with Crippen molar-refractivity contribution in [2.75, 3.05) is 6.61 Å². The van der Waals surface area contributed by atoms with Gasteiger partial charge in [0.15, 0.2) is 0 Å². The molecule has 5 atom stereocenters. The van der Waals surface area contributed by atoms with E-state index < -0.39 is 0 Å². The summed E-state index contributed by atoms with van der Waals surface area (Å²) in [5.41, 5.74) is 2.44. The van der Waals surface area contributed by atoms with Gasteiger partial charge in [-0.15, -0.1) is 0 Å². The van der Waals surface area contributed by atoms with Crippen molar-refractivity contribution in [1.29, 1.82) is 0 Å². The van der Waals surface area contributed by atoms with Crippen LogP contribution in [0.3, 0.4) is 0 Å². The van der Waals surface area contributed by atoms with Crippen LogP contribution >= 0.6 is 0 Å². The van der Waals surface area contributed by atoms with Crippen LogP contribution in [-0.2, 0) is 0 Å².